The van der Waals surface area contributed by atoms with Gasteiger partial charge in [0.25, 0.3) is 11.4 Å². The van der Waals surface area contributed by atoms with Crippen molar-refractivity contribution in [3.8, 4) is 0 Å². The lowest BCUT2D eigenvalue weighted by Crippen LogP contribution is -2.15. The summed E-state index contributed by atoms with van der Waals surface area (Å²) in [5, 5.41) is 24.4. The van der Waals surface area contributed by atoms with Gasteiger partial charge in [-0.05, 0) is 19.4 Å². The number of hydrogen-bond donors (Lipinski definition) is 1. The number of benzene rings is 1. The molecule has 0 heterocycles. The molecule has 18 heavy (non-hydrogen) atoms. The summed E-state index contributed by atoms with van der Waals surface area (Å²) in [7, 11) is 0. The molecule has 0 aliphatic rings. The van der Waals surface area contributed by atoms with Crippen molar-refractivity contribution in [3.05, 3.63) is 38.4 Å². The Balaban J connectivity index is 3.04. The first-order chi connectivity index (χ1) is 8.45. The molecule has 1 rings (SSSR count). The summed E-state index contributed by atoms with van der Waals surface area (Å²) in [4.78, 5) is 20.2. The van der Waals surface area contributed by atoms with E-state index in [1.807, 2.05) is 13.8 Å². The number of nitrogens with one attached hydrogen (secondary N) is 1. The molecule has 7 nitrogen and oxygen atoms in total. The molecule has 1 N–H and O–H groups in total. The zero-order valence-corrected chi connectivity index (χ0v) is 10.3. The van der Waals surface area contributed by atoms with Crippen LogP contribution in [0.5, 0.6) is 0 Å². The van der Waals surface area contributed by atoms with E-state index in [-0.39, 0.29) is 17.4 Å². The van der Waals surface area contributed by atoms with E-state index in [9.17, 15) is 20.2 Å². The molecule has 0 saturated carbocycles. The average molecular weight is 253 g/mol. The Kier molecular flexibility index (Phi) is 4.59. The molecule has 0 bridgehead atoms. The summed E-state index contributed by atoms with van der Waals surface area (Å²) in [5.74, 6) is 0. The van der Waals surface area contributed by atoms with Gasteiger partial charge in [0.05, 0.1) is 15.9 Å². The molecular formula is C11H15N3O4. The van der Waals surface area contributed by atoms with Gasteiger partial charge in [-0.2, -0.15) is 0 Å². The van der Waals surface area contributed by atoms with Gasteiger partial charge < -0.3 is 5.32 Å². The molecule has 0 aliphatic carbocycles. The number of rotatable bonds is 6. The summed E-state index contributed by atoms with van der Waals surface area (Å²) in [6, 6.07) is 3.69. The first-order valence-electron chi connectivity index (χ1n) is 5.65. The fraction of sp³-hybridized carbons (Fsp3) is 0.455. The van der Waals surface area contributed by atoms with Crippen molar-refractivity contribution in [2.24, 2.45) is 0 Å². The molecule has 1 unspecified atom stereocenters. The van der Waals surface area contributed by atoms with Gasteiger partial charge in [-0.3, -0.25) is 20.2 Å². The van der Waals surface area contributed by atoms with Crippen LogP contribution in [-0.4, -0.2) is 15.9 Å². The molecule has 7 heteroatoms. The normalized spacial score (nSPS) is 11.9. The van der Waals surface area contributed by atoms with Crippen molar-refractivity contribution in [1.82, 2.24) is 0 Å². The van der Waals surface area contributed by atoms with Crippen molar-refractivity contribution in [3.63, 3.8) is 0 Å². The molecule has 1 aromatic rings. The maximum atomic E-state index is 10.9. The van der Waals surface area contributed by atoms with E-state index in [1.165, 1.54) is 12.1 Å². The van der Waals surface area contributed by atoms with Gasteiger partial charge in [-0.15, -0.1) is 0 Å². The lowest BCUT2D eigenvalue weighted by molar-refractivity contribution is -0.393. The minimum atomic E-state index is -0.647. The second-order valence-corrected chi connectivity index (χ2v) is 4.05. The molecular weight excluding hydrogens is 238 g/mol. The number of hydrogen-bond acceptors (Lipinski definition) is 5. The number of non-ortho nitro benzene ring substituents is 1. The van der Waals surface area contributed by atoms with Crippen LogP contribution < -0.4 is 5.32 Å². The van der Waals surface area contributed by atoms with Gasteiger partial charge in [-0.1, -0.05) is 13.3 Å². The second-order valence-electron chi connectivity index (χ2n) is 4.05. The van der Waals surface area contributed by atoms with Crippen LogP contribution in [0, 0.1) is 20.2 Å². The highest BCUT2D eigenvalue weighted by molar-refractivity contribution is 5.65. The first kappa shape index (κ1) is 13.9. The number of nitro benzene ring substituents is 2. The molecule has 0 amide bonds. The van der Waals surface area contributed by atoms with E-state index in [4.69, 9.17) is 0 Å². The Morgan fingerprint density at radius 1 is 1.28 bits per heavy atom. The van der Waals surface area contributed by atoms with Crippen molar-refractivity contribution in [1.29, 1.82) is 0 Å². The first-order valence-corrected chi connectivity index (χ1v) is 5.65. The van der Waals surface area contributed by atoms with Crippen LogP contribution in [0.3, 0.4) is 0 Å². The smallest absolute Gasteiger partial charge is 0.299 e. The average Bonchev–Trinajstić information content (AvgIpc) is 2.29. The van der Waals surface area contributed by atoms with Gasteiger partial charge in [-0.25, -0.2) is 0 Å². The Morgan fingerprint density at radius 3 is 2.44 bits per heavy atom. The van der Waals surface area contributed by atoms with E-state index < -0.39 is 9.85 Å². The van der Waals surface area contributed by atoms with Crippen molar-refractivity contribution in [2.45, 2.75) is 32.7 Å². The lowest BCUT2D eigenvalue weighted by atomic mass is 10.1. The Hall–Kier alpha value is -2.18. The third-order valence-electron chi connectivity index (χ3n) is 2.51. The van der Waals surface area contributed by atoms with E-state index in [1.54, 1.807) is 0 Å². The second kappa shape index (κ2) is 5.95. The van der Waals surface area contributed by atoms with Crippen molar-refractivity contribution >= 4 is 17.1 Å². The highest BCUT2D eigenvalue weighted by Gasteiger charge is 2.20. The van der Waals surface area contributed by atoms with E-state index in [0.717, 1.165) is 18.9 Å². The SMILES string of the molecule is CCCC(C)Nc1ccc([N+](=O)[O-])cc1[N+](=O)[O-]. The summed E-state index contributed by atoms with van der Waals surface area (Å²) < 4.78 is 0. The number of nitro groups is 2. The molecule has 1 aromatic carbocycles. The molecule has 0 saturated heterocycles. The zero-order chi connectivity index (χ0) is 13.7. The van der Waals surface area contributed by atoms with E-state index in [2.05, 4.69) is 5.32 Å². The number of anilines is 1. The van der Waals surface area contributed by atoms with Crippen LogP contribution in [0.1, 0.15) is 26.7 Å². The highest BCUT2D eigenvalue weighted by atomic mass is 16.6. The molecule has 0 spiro atoms. The third kappa shape index (κ3) is 3.41. The third-order valence-corrected chi connectivity index (χ3v) is 2.51. The van der Waals surface area contributed by atoms with Gasteiger partial charge >= 0.3 is 0 Å². The Morgan fingerprint density at radius 2 is 1.94 bits per heavy atom. The maximum Gasteiger partial charge on any atom is 0.299 e. The van der Waals surface area contributed by atoms with Crippen LogP contribution in [0.15, 0.2) is 18.2 Å². The predicted octanol–water partition coefficient (Wildman–Crippen LogP) is 3.10. The quantitative estimate of drug-likeness (QED) is 0.620. The number of nitrogens with zero attached hydrogens (tertiary/aromatic N) is 2. The largest absolute Gasteiger partial charge is 0.377 e. The van der Waals surface area contributed by atoms with Crippen LogP contribution in [0.4, 0.5) is 17.1 Å². The van der Waals surface area contributed by atoms with Crippen molar-refractivity contribution in [2.75, 3.05) is 5.32 Å². The van der Waals surface area contributed by atoms with Gasteiger partial charge in [0.15, 0.2) is 0 Å². The minimum absolute atomic E-state index is 0.0788. The Labute approximate surface area is 104 Å². The molecule has 0 aromatic heterocycles. The van der Waals surface area contributed by atoms with E-state index in [0.29, 0.717) is 5.69 Å². The van der Waals surface area contributed by atoms with Gasteiger partial charge in [0, 0.05) is 12.1 Å². The molecule has 0 fully saturated rings. The van der Waals surface area contributed by atoms with E-state index >= 15 is 0 Å². The summed E-state index contributed by atoms with van der Waals surface area (Å²) >= 11 is 0. The lowest BCUT2D eigenvalue weighted by Gasteiger charge is -2.13. The van der Waals surface area contributed by atoms with Crippen LogP contribution in [0.25, 0.3) is 0 Å². The Bertz CT molecular complexity index is 462. The molecule has 0 radical (unpaired) electrons. The summed E-state index contributed by atoms with van der Waals surface area (Å²) in [5.41, 5.74) is -0.242. The van der Waals surface area contributed by atoms with Crippen LogP contribution in [0.2, 0.25) is 0 Å². The van der Waals surface area contributed by atoms with Crippen LogP contribution >= 0.6 is 0 Å². The zero-order valence-electron chi connectivity index (χ0n) is 10.3. The molecule has 1 atom stereocenters. The standard InChI is InChI=1S/C11H15N3O4/c1-3-4-8(2)12-10-6-5-9(13(15)16)7-11(10)14(17)18/h5-8,12H,3-4H2,1-2H3. The summed E-state index contributed by atoms with van der Waals surface area (Å²) in [6.07, 6.45) is 1.82. The topological polar surface area (TPSA) is 98.3 Å². The van der Waals surface area contributed by atoms with Crippen molar-refractivity contribution < 1.29 is 9.85 Å². The molecule has 98 valence electrons. The minimum Gasteiger partial charge on any atom is -0.377 e. The van der Waals surface area contributed by atoms with Crippen LogP contribution in [-0.2, 0) is 0 Å². The highest BCUT2D eigenvalue weighted by Crippen LogP contribution is 2.29. The molecule has 0 aliphatic heterocycles. The summed E-state index contributed by atoms with van der Waals surface area (Å²) in [6.45, 7) is 3.93. The predicted molar refractivity (Wildman–Crippen MR) is 67.7 cm³/mol. The van der Waals surface area contributed by atoms with Gasteiger partial charge in [0.1, 0.15) is 5.69 Å². The fourth-order valence-electron chi connectivity index (χ4n) is 1.68. The monoisotopic (exact) mass is 253 g/mol. The maximum absolute atomic E-state index is 10.9. The van der Waals surface area contributed by atoms with Gasteiger partial charge in [0.2, 0.25) is 0 Å². The fourth-order valence-corrected chi connectivity index (χ4v) is 1.68.